The second kappa shape index (κ2) is 9.51. The molecule has 0 atom stereocenters. The molecule has 0 aliphatic carbocycles. The van der Waals surface area contributed by atoms with E-state index in [0.29, 0.717) is 18.2 Å². The Morgan fingerprint density at radius 3 is 2.52 bits per heavy atom. The minimum atomic E-state index is -0.0868. The fraction of sp³-hybridized carbons (Fsp3) is 0.500. The van der Waals surface area contributed by atoms with Gasteiger partial charge in [0.1, 0.15) is 0 Å². The number of anilines is 1. The Morgan fingerprint density at radius 1 is 1.18 bits per heavy atom. The second-order valence-electron chi connectivity index (χ2n) is 9.79. The van der Waals surface area contributed by atoms with Crippen LogP contribution in [0.25, 0.3) is 11.0 Å². The van der Waals surface area contributed by atoms with Gasteiger partial charge in [0, 0.05) is 49.2 Å². The summed E-state index contributed by atoms with van der Waals surface area (Å²) in [7, 11) is 0. The molecule has 4 rings (SSSR count). The molecule has 0 bridgehead atoms. The van der Waals surface area contributed by atoms with E-state index in [1.165, 1.54) is 5.56 Å². The molecule has 3 aromatic rings. The lowest BCUT2D eigenvalue weighted by Gasteiger charge is -2.26. The molecular formula is C26H35N5O2. The van der Waals surface area contributed by atoms with E-state index in [1.807, 2.05) is 42.1 Å². The molecular weight excluding hydrogens is 414 g/mol. The number of benzene rings is 1. The number of carbonyl (C=O) groups excluding carboxylic acids is 1. The van der Waals surface area contributed by atoms with E-state index in [2.05, 4.69) is 43.4 Å². The van der Waals surface area contributed by atoms with Gasteiger partial charge in [-0.25, -0.2) is 9.67 Å². The van der Waals surface area contributed by atoms with Gasteiger partial charge in [0.25, 0.3) is 5.91 Å². The van der Waals surface area contributed by atoms with Crippen molar-refractivity contribution in [1.82, 2.24) is 20.1 Å². The van der Waals surface area contributed by atoms with Gasteiger partial charge in [-0.3, -0.25) is 4.79 Å². The van der Waals surface area contributed by atoms with Crippen LogP contribution < -0.4 is 10.6 Å². The molecule has 7 nitrogen and oxygen atoms in total. The van der Waals surface area contributed by atoms with Crippen molar-refractivity contribution in [2.24, 2.45) is 0 Å². The first-order valence-corrected chi connectivity index (χ1v) is 11.9. The number of nitrogens with one attached hydrogen (secondary N) is 2. The molecule has 7 heteroatoms. The third-order valence-electron chi connectivity index (χ3n) is 6.40. The minimum Gasteiger partial charge on any atom is -0.381 e. The number of aryl methyl sites for hydroxylation is 2. The predicted octanol–water partition coefficient (Wildman–Crippen LogP) is 4.58. The molecule has 2 N–H and O–H groups in total. The van der Waals surface area contributed by atoms with E-state index in [-0.39, 0.29) is 11.3 Å². The molecule has 0 spiro atoms. The number of rotatable bonds is 6. The minimum absolute atomic E-state index is 0.0564. The Hall–Kier alpha value is -2.93. The lowest BCUT2D eigenvalue weighted by molar-refractivity contribution is 0.0904. The maximum Gasteiger partial charge on any atom is 0.251 e. The van der Waals surface area contributed by atoms with Crippen LogP contribution in [0.15, 0.2) is 30.5 Å². The van der Waals surface area contributed by atoms with Crippen molar-refractivity contribution >= 4 is 22.6 Å². The summed E-state index contributed by atoms with van der Waals surface area (Å²) in [6.07, 6.45) is 3.79. The highest BCUT2D eigenvalue weighted by molar-refractivity contribution is 5.95. The number of pyridine rings is 1. The van der Waals surface area contributed by atoms with Crippen molar-refractivity contribution in [2.45, 2.75) is 72.0 Å². The third-order valence-corrected chi connectivity index (χ3v) is 6.40. The van der Waals surface area contributed by atoms with E-state index >= 15 is 0 Å². The highest BCUT2D eigenvalue weighted by atomic mass is 16.5. The molecule has 1 amide bonds. The molecule has 1 aliphatic rings. The van der Waals surface area contributed by atoms with Crippen LogP contribution in [0.1, 0.15) is 67.7 Å². The summed E-state index contributed by atoms with van der Waals surface area (Å²) >= 11 is 0. The number of fused-ring (bicyclic) bond motifs is 1. The van der Waals surface area contributed by atoms with E-state index in [9.17, 15) is 4.79 Å². The van der Waals surface area contributed by atoms with Gasteiger partial charge in [-0.1, -0.05) is 32.9 Å². The van der Waals surface area contributed by atoms with Gasteiger partial charge in [0.2, 0.25) is 0 Å². The molecule has 3 heterocycles. The van der Waals surface area contributed by atoms with Gasteiger partial charge in [0.05, 0.1) is 17.3 Å². The molecule has 0 radical (unpaired) electrons. The van der Waals surface area contributed by atoms with Crippen LogP contribution in [0, 0.1) is 6.92 Å². The fourth-order valence-corrected chi connectivity index (χ4v) is 4.29. The van der Waals surface area contributed by atoms with Crippen molar-refractivity contribution < 1.29 is 9.53 Å². The monoisotopic (exact) mass is 449 g/mol. The standard InChI is InChI=1S/C26H35N5O2/c1-6-31-24-22(16-28-31)23(30-20-11-13-33-14-12-20)21(17(2)29-24)15-27-25(32)18-7-9-19(10-8-18)26(3,4)5/h7-10,16,20H,6,11-15H2,1-5H3,(H,27,32)(H,29,30). The molecule has 1 fully saturated rings. The number of amides is 1. The number of hydrogen-bond donors (Lipinski definition) is 2. The fourth-order valence-electron chi connectivity index (χ4n) is 4.29. The van der Waals surface area contributed by atoms with Gasteiger partial charge in [-0.05, 0) is 49.8 Å². The van der Waals surface area contributed by atoms with Crippen molar-refractivity contribution in [3.05, 3.63) is 52.8 Å². The van der Waals surface area contributed by atoms with Crippen LogP contribution in [0.2, 0.25) is 0 Å². The Morgan fingerprint density at radius 2 is 1.88 bits per heavy atom. The average Bonchev–Trinajstić information content (AvgIpc) is 3.21. The summed E-state index contributed by atoms with van der Waals surface area (Å²) in [5.74, 6) is -0.0868. The Labute approximate surface area is 195 Å². The zero-order valence-electron chi connectivity index (χ0n) is 20.4. The second-order valence-corrected chi connectivity index (χ2v) is 9.79. The summed E-state index contributed by atoms with van der Waals surface area (Å²) < 4.78 is 7.45. The summed E-state index contributed by atoms with van der Waals surface area (Å²) in [5, 5.41) is 12.4. The zero-order chi connectivity index (χ0) is 23.6. The predicted molar refractivity (Wildman–Crippen MR) is 132 cm³/mol. The summed E-state index contributed by atoms with van der Waals surface area (Å²) in [4.78, 5) is 17.8. The highest BCUT2D eigenvalue weighted by Crippen LogP contribution is 2.30. The first-order valence-electron chi connectivity index (χ1n) is 11.9. The molecule has 1 aliphatic heterocycles. The van der Waals surface area contributed by atoms with Crippen LogP contribution in [0.5, 0.6) is 0 Å². The first kappa shape index (κ1) is 23.2. The smallest absolute Gasteiger partial charge is 0.251 e. The molecule has 2 aromatic heterocycles. The van der Waals surface area contributed by atoms with Crippen molar-refractivity contribution in [3.63, 3.8) is 0 Å². The third kappa shape index (κ3) is 5.03. The van der Waals surface area contributed by atoms with Crippen molar-refractivity contribution in [3.8, 4) is 0 Å². The van der Waals surface area contributed by atoms with Crippen LogP contribution >= 0.6 is 0 Å². The summed E-state index contributed by atoms with van der Waals surface area (Å²) in [6.45, 7) is 13.2. The Kier molecular flexibility index (Phi) is 6.70. The Balaban J connectivity index is 1.60. The van der Waals surface area contributed by atoms with Crippen molar-refractivity contribution in [1.29, 1.82) is 0 Å². The van der Waals surface area contributed by atoms with Crippen LogP contribution in [0.4, 0.5) is 5.69 Å². The van der Waals surface area contributed by atoms with Crippen LogP contribution in [-0.2, 0) is 23.2 Å². The van der Waals surface area contributed by atoms with Gasteiger partial charge in [-0.2, -0.15) is 5.10 Å². The number of carbonyl (C=O) groups is 1. The molecule has 0 unspecified atom stereocenters. The van der Waals surface area contributed by atoms with E-state index in [4.69, 9.17) is 9.72 Å². The Bertz CT molecular complexity index is 1120. The zero-order valence-corrected chi connectivity index (χ0v) is 20.4. The average molecular weight is 450 g/mol. The maximum atomic E-state index is 12.9. The quantitative estimate of drug-likeness (QED) is 0.576. The summed E-state index contributed by atoms with van der Waals surface area (Å²) in [6, 6.07) is 8.19. The number of ether oxygens (including phenoxy) is 1. The lowest BCUT2D eigenvalue weighted by atomic mass is 9.87. The van der Waals surface area contributed by atoms with Gasteiger partial charge >= 0.3 is 0 Å². The van der Waals surface area contributed by atoms with Gasteiger partial charge in [-0.15, -0.1) is 0 Å². The largest absolute Gasteiger partial charge is 0.381 e. The molecule has 33 heavy (non-hydrogen) atoms. The van der Waals surface area contributed by atoms with E-state index in [1.54, 1.807) is 0 Å². The summed E-state index contributed by atoms with van der Waals surface area (Å²) in [5.41, 5.74) is 5.72. The highest BCUT2D eigenvalue weighted by Gasteiger charge is 2.21. The number of hydrogen-bond acceptors (Lipinski definition) is 5. The number of aromatic nitrogens is 3. The topological polar surface area (TPSA) is 81.1 Å². The molecule has 1 aromatic carbocycles. The van der Waals surface area contributed by atoms with Gasteiger partial charge < -0.3 is 15.4 Å². The molecule has 176 valence electrons. The van der Waals surface area contributed by atoms with E-state index in [0.717, 1.165) is 60.6 Å². The maximum absolute atomic E-state index is 12.9. The van der Waals surface area contributed by atoms with E-state index < -0.39 is 0 Å². The van der Waals surface area contributed by atoms with Crippen LogP contribution in [0.3, 0.4) is 0 Å². The normalized spacial score (nSPS) is 15.1. The first-order chi connectivity index (χ1) is 15.8. The molecule has 0 saturated carbocycles. The SMILES string of the molecule is CCn1ncc2c(NC3CCOCC3)c(CNC(=O)c3ccc(C(C)(C)C)cc3)c(C)nc21. The van der Waals surface area contributed by atoms with Crippen LogP contribution in [-0.4, -0.2) is 39.9 Å². The molecule has 1 saturated heterocycles. The number of nitrogens with zero attached hydrogens (tertiary/aromatic N) is 3. The lowest BCUT2D eigenvalue weighted by Crippen LogP contribution is -2.30. The van der Waals surface area contributed by atoms with Gasteiger partial charge in [0.15, 0.2) is 5.65 Å². The van der Waals surface area contributed by atoms with Crippen molar-refractivity contribution in [2.75, 3.05) is 18.5 Å².